The van der Waals surface area contributed by atoms with Crippen LogP contribution in [0.25, 0.3) is 0 Å². The Morgan fingerprint density at radius 1 is 1.32 bits per heavy atom. The minimum absolute atomic E-state index is 0.117. The van der Waals surface area contributed by atoms with Gasteiger partial charge >= 0.3 is 5.97 Å². The van der Waals surface area contributed by atoms with Crippen LogP contribution in [-0.4, -0.2) is 33.3 Å². The third-order valence-corrected chi connectivity index (χ3v) is 5.11. The Labute approximate surface area is 111 Å². The first-order valence-electron chi connectivity index (χ1n) is 6.71. The molecule has 5 heteroatoms. The highest BCUT2D eigenvalue weighted by Crippen LogP contribution is 2.53. The van der Waals surface area contributed by atoms with Gasteiger partial charge in [-0.1, -0.05) is 19.1 Å². The van der Waals surface area contributed by atoms with Gasteiger partial charge in [0.15, 0.2) is 0 Å². The largest absolute Gasteiger partial charge is 0.479 e. The van der Waals surface area contributed by atoms with Crippen molar-refractivity contribution in [3.05, 3.63) is 12.2 Å². The van der Waals surface area contributed by atoms with Gasteiger partial charge in [0, 0.05) is 0 Å². The van der Waals surface area contributed by atoms with Crippen molar-refractivity contribution in [1.29, 1.82) is 0 Å². The second kappa shape index (κ2) is 3.68. The smallest absolute Gasteiger partial charge is 0.329 e. The molecule has 0 aromatic rings. The van der Waals surface area contributed by atoms with Gasteiger partial charge in [0.1, 0.15) is 5.54 Å². The number of hydrogen-bond acceptors (Lipinski definition) is 3. The topological polar surface area (TPSA) is 74.7 Å². The maximum atomic E-state index is 12.5. The van der Waals surface area contributed by atoms with Gasteiger partial charge in [-0.2, -0.15) is 0 Å². The Bertz CT molecular complexity index is 482. The molecular weight excluding hydrogens is 246 g/mol. The first-order valence-corrected chi connectivity index (χ1v) is 6.71. The van der Waals surface area contributed by atoms with E-state index >= 15 is 0 Å². The van der Waals surface area contributed by atoms with E-state index in [1.54, 1.807) is 6.92 Å². The normalized spacial score (nSPS) is 38.7. The quantitative estimate of drug-likeness (QED) is 0.610. The fourth-order valence-corrected chi connectivity index (χ4v) is 3.79. The van der Waals surface area contributed by atoms with Crippen LogP contribution >= 0.6 is 0 Å². The number of imide groups is 1. The van der Waals surface area contributed by atoms with Gasteiger partial charge in [-0.3, -0.25) is 14.5 Å². The molecule has 1 saturated carbocycles. The number of carbonyl (C=O) groups is 3. The lowest BCUT2D eigenvalue weighted by molar-refractivity contribution is -0.163. The molecule has 0 aromatic carbocycles. The van der Waals surface area contributed by atoms with Crippen LogP contribution in [-0.2, 0) is 14.4 Å². The van der Waals surface area contributed by atoms with Crippen molar-refractivity contribution in [2.75, 3.05) is 0 Å². The van der Waals surface area contributed by atoms with E-state index in [1.165, 1.54) is 6.92 Å². The number of aliphatic carboxylic acids is 1. The summed E-state index contributed by atoms with van der Waals surface area (Å²) in [6, 6.07) is 0. The fraction of sp³-hybridized carbons (Fsp3) is 0.643. The summed E-state index contributed by atoms with van der Waals surface area (Å²) >= 11 is 0. The zero-order valence-corrected chi connectivity index (χ0v) is 11.0. The Kier molecular flexibility index (Phi) is 2.40. The predicted octanol–water partition coefficient (Wildman–Crippen LogP) is 1.05. The van der Waals surface area contributed by atoms with Gasteiger partial charge in [-0.05, 0) is 31.6 Å². The first kappa shape index (κ1) is 12.4. The van der Waals surface area contributed by atoms with E-state index in [0.29, 0.717) is 0 Å². The summed E-state index contributed by atoms with van der Waals surface area (Å²) in [5, 5.41) is 9.38. The van der Waals surface area contributed by atoms with Crippen molar-refractivity contribution in [3.63, 3.8) is 0 Å². The summed E-state index contributed by atoms with van der Waals surface area (Å²) in [6.07, 6.45) is 5.09. The Morgan fingerprint density at radius 2 is 1.79 bits per heavy atom. The van der Waals surface area contributed by atoms with Crippen LogP contribution in [0.1, 0.15) is 26.7 Å². The average Bonchev–Trinajstić information content (AvgIpc) is 3.03. The molecule has 1 aliphatic heterocycles. The number of allylic oxidation sites excluding steroid dienone is 2. The van der Waals surface area contributed by atoms with Crippen molar-refractivity contribution < 1.29 is 19.5 Å². The van der Waals surface area contributed by atoms with Gasteiger partial charge in [0.05, 0.1) is 11.8 Å². The first-order chi connectivity index (χ1) is 8.91. The highest BCUT2D eigenvalue weighted by Gasteiger charge is 2.63. The molecule has 2 bridgehead atoms. The van der Waals surface area contributed by atoms with Crippen LogP contribution in [0, 0.1) is 23.7 Å². The Balaban J connectivity index is 2.01. The summed E-state index contributed by atoms with van der Waals surface area (Å²) in [7, 11) is 0. The van der Waals surface area contributed by atoms with Crippen molar-refractivity contribution in [2.45, 2.75) is 32.2 Å². The fourth-order valence-electron chi connectivity index (χ4n) is 3.79. The van der Waals surface area contributed by atoms with Crippen LogP contribution in [0.15, 0.2) is 12.2 Å². The standard InChI is InChI=1S/C14H17NO4/c1-3-14(2,13(18)19)15-11(16)9-7-4-5-8(6-7)10(9)12(15)17/h4-5,7-10H,3,6H2,1-2H3,(H,18,19). The van der Waals surface area contributed by atoms with Gasteiger partial charge in [-0.15, -0.1) is 0 Å². The van der Waals surface area contributed by atoms with E-state index in [9.17, 15) is 19.5 Å². The average molecular weight is 263 g/mol. The van der Waals surface area contributed by atoms with Gasteiger partial charge in [0.2, 0.25) is 11.8 Å². The van der Waals surface area contributed by atoms with E-state index in [0.717, 1.165) is 11.3 Å². The maximum Gasteiger partial charge on any atom is 0.329 e. The van der Waals surface area contributed by atoms with E-state index in [4.69, 9.17) is 0 Å². The third-order valence-electron chi connectivity index (χ3n) is 5.11. The minimum Gasteiger partial charge on any atom is -0.479 e. The number of fused-ring (bicyclic) bond motifs is 5. The SMILES string of the molecule is CCC(C)(C(=O)O)N1C(=O)C2C3C=CC(C3)C2C1=O. The lowest BCUT2D eigenvalue weighted by Gasteiger charge is -2.33. The molecule has 0 spiro atoms. The summed E-state index contributed by atoms with van der Waals surface area (Å²) in [4.78, 5) is 37.5. The molecule has 0 aromatic heterocycles. The van der Waals surface area contributed by atoms with Crippen molar-refractivity contribution in [3.8, 4) is 0 Å². The second-order valence-corrected chi connectivity index (χ2v) is 5.94. The molecule has 3 rings (SSSR count). The third kappa shape index (κ3) is 1.33. The summed E-state index contributed by atoms with van der Waals surface area (Å²) in [5.41, 5.74) is -1.42. The number of likely N-dealkylation sites (tertiary alicyclic amines) is 1. The Hall–Kier alpha value is -1.65. The van der Waals surface area contributed by atoms with Crippen LogP contribution in [0.4, 0.5) is 0 Å². The summed E-state index contributed by atoms with van der Waals surface area (Å²) in [5.74, 6) is -2.12. The van der Waals surface area contributed by atoms with Gasteiger partial charge < -0.3 is 5.11 Å². The van der Waals surface area contributed by atoms with Crippen molar-refractivity contribution in [1.82, 2.24) is 4.90 Å². The molecule has 1 heterocycles. The molecule has 0 radical (unpaired) electrons. The molecule has 2 amide bonds. The number of hydrogen-bond donors (Lipinski definition) is 1. The Morgan fingerprint density at radius 3 is 2.16 bits per heavy atom. The van der Waals surface area contributed by atoms with Gasteiger partial charge in [0.25, 0.3) is 0 Å². The lowest BCUT2D eigenvalue weighted by atomic mass is 9.85. The van der Waals surface area contributed by atoms with Gasteiger partial charge in [-0.25, -0.2) is 4.79 Å². The van der Waals surface area contributed by atoms with E-state index < -0.39 is 11.5 Å². The zero-order valence-electron chi connectivity index (χ0n) is 11.0. The lowest BCUT2D eigenvalue weighted by Crippen LogP contribution is -2.55. The van der Waals surface area contributed by atoms with Crippen LogP contribution in [0.2, 0.25) is 0 Å². The molecule has 1 N–H and O–H groups in total. The molecular formula is C14H17NO4. The molecule has 2 aliphatic carbocycles. The van der Waals surface area contributed by atoms with Crippen molar-refractivity contribution in [2.24, 2.45) is 23.7 Å². The zero-order chi connectivity index (χ0) is 13.9. The van der Waals surface area contributed by atoms with Crippen LogP contribution in [0.3, 0.4) is 0 Å². The molecule has 2 fully saturated rings. The van der Waals surface area contributed by atoms with E-state index in [1.807, 2.05) is 12.2 Å². The maximum absolute atomic E-state index is 12.5. The number of carbonyl (C=O) groups excluding carboxylic acids is 2. The predicted molar refractivity (Wildman–Crippen MR) is 65.9 cm³/mol. The minimum atomic E-state index is -1.42. The summed E-state index contributed by atoms with van der Waals surface area (Å²) < 4.78 is 0. The number of rotatable bonds is 3. The van der Waals surface area contributed by atoms with Crippen LogP contribution < -0.4 is 0 Å². The van der Waals surface area contributed by atoms with E-state index in [2.05, 4.69) is 0 Å². The monoisotopic (exact) mass is 263 g/mol. The highest BCUT2D eigenvalue weighted by molar-refractivity contribution is 6.09. The summed E-state index contributed by atoms with van der Waals surface area (Å²) in [6.45, 7) is 3.15. The molecule has 3 aliphatic rings. The molecule has 5 nitrogen and oxygen atoms in total. The molecule has 5 atom stereocenters. The number of carboxylic acids is 1. The molecule has 19 heavy (non-hydrogen) atoms. The van der Waals surface area contributed by atoms with Crippen molar-refractivity contribution >= 4 is 17.8 Å². The molecule has 102 valence electrons. The number of carboxylic acid groups (broad SMARTS) is 1. The highest BCUT2D eigenvalue weighted by atomic mass is 16.4. The number of amides is 2. The van der Waals surface area contributed by atoms with E-state index in [-0.39, 0.29) is 41.9 Å². The molecule has 1 saturated heterocycles. The second-order valence-electron chi connectivity index (χ2n) is 5.94. The van der Waals surface area contributed by atoms with Crippen LogP contribution in [0.5, 0.6) is 0 Å². The number of nitrogens with zero attached hydrogens (tertiary/aromatic N) is 1. The molecule has 5 unspecified atom stereocenters.